The molecule has 0 fully saturated rings. The smallest absolute Gasteiger partial charge is 0.138 e. The highest BCUT2D eigenvalue weighted by Crippen LogP contribution is 2.38. The summed E-state index contributed by atoms with van der Waals surface area (Å²) in [5.41, 5.74) is 2.11. The molecule has 3 rings (SSSR count). The molecule has 0 bridgehead atoms. The number of aliphatic hydroxyl groups excluding tert-OH is 1. The molecule has 0 aromatic heterocycles. The maximum Gasteiger partial charge on any atom is 0.138 e. The van der Waals surface area contributed by atoms with Crippen LogP contribution in [0.3, 0.4) is 0 Å². The highest BCUT2D eigenvalue weighted by Gasteiger charge is 2.27. The van der Waals surface area contributed by atoms with Gasteiger partial charge in [0.25, 0.3) is 0 Å². The van der Waals surface area contributed by atoms with Gasteiger partial charge < -0.3 is 9.84 Å². The summed E-state index contributed by atoms with van der Waals surface area (Å²) in [7, 11) is 0. The third-order valence-electron chi connectivity index (χ3n) is 3.30. The molecule has 0 radical (unpaired) electrons. The van der Waals surface area contributed by atoms with Crippen LogP contribution < -0.4 is 4.74 Å². The number of fused-ring (bicyclic) bond motifs is 1. The van der Waals surface area contributed by atoms with Crippen LogP contribution in [-0.4, -0.2) is 17.0 Å². The van der Waals surface area contributed by atoms with Crippen LogP contribution in [0.25, 0.3) is 0 Å². The predicted molar refractivity (Wildman–Crippen MR) is 77.7 cm³/mol. The van der Waals surface area contributed by atoms with Crippen molar-refractivity contribution in [3.8, 4) is 5.75 Å². The summed E-state index contributed by atoms with van der Waals surface area (Å²) >= 11 is 1.74. The van der Waals surface area contributed by atoms with Crippen LogP contribution in [0.4, 0.5) is 0 Å². The molecule has 1 aliphatic heterocycles. The Morgan fingerprint density at radius 3 is 2.68 bits per heavy atom. The summed E-state index contributed by atoms with van der Waals surface area (Å²) in [5.74, 6) is 1.64. The van der Waals surface area contributed by atoms with Crippen LogP contribution in [-0.2, 0) is 0 Å². The van der Waals surface area contributed by atoms with Crippen LogP contribution in [0.15, 0.2) is 53.4 Å². The van der Waals surface area contributed by atoms with E-state index in [1.807, 2.05) is 49.4 Å². The van der Waals surface area contributed by atoms with Gasteiger partial charge in [-0.3, -0.25) is 0 Å². The summed E-state index contributed by atoms with van der Waals surface area (Å²) in [6, 6.07) is 15.9. The Morgan fingerprint density at radius 1 is 1.16 bits per heavy atom. The van der Waals surface area contributed by atoms with Crippen LogP contribution in [0.2, 0.25) is 0 Å². The molecule has 3 heteroatoms. The van der Waals surface area contributed by atoms with Gasteiger partial charge in [0.2, 0.25) is 0 Å². The third kappa shape index (κ3) is 2.62. The summed E-state index contributed by atoms with van der Waals surface area (Å²) in [4.78, 5) is 1.15. The van der Waals surface area contributed by atoms with E-state index in [9.17, 15) is 5.11 Å². The number of thioether (sulfide) groups is 1. The van der Waals surface area contributed by atoms with Crippen molar-refractivity contribution in [2.45, 2.75) is 24.0 Å². The van der Waals surface area contributed by atoms with Crippen molar-refractivity contribution in [2.24, 2.45) is 0 Å². The zero-order chi connectivity index (χ0) is 13.2. The van der Waals surface area contributed by atoms with Crippen molar-refractivity contribution in [2.75, 3.05) is 5.75 Å². The van der Waals surface area contributed by atoms with E-state index in [1.165, 1.54) is 5.56 Å². The molecular formula is C16H16O2S. The minimum absolute atomic E-state index is 0.192. The highest BCUT2D eigenvalue weighted by molar-refractivity contribution is 7.99. The van der Waals surface area contributed by atoms with Gasteiger partial charge in [0.05, 0.1) is 0 Å². The van der Waals surface area contributed by atoms with Crippen molar-refractivity contribution in [1.29, 1.82) is 0 Å². The zero-order valence-electron chi connectivity index (χ0n) is 10.7. The van der Waals surface area contributed by atoms with E-state index in [2.05, 4.69) is 6.07 Å². The van der Waals surface area contributed by atoms with Gasteiger partial charge in [-0.1, -0.05) is 42.0 Å². The van der Waals surface area contributed by atoms with Gasteiger partial charge >= 0.3 is 0 Å². The second-order valence-electron chi connectivity index (χ2n) is 4.77. The van der Waals surface area contributed by atoms with Crippen molar-refractivity contribution in [3.63, 3.8) is 0 Å². The molecule has 2 aromatic carbocycles. The first-order valence-electron chi connectivity index (χ1n) is 6.37. The molecule has 2 aromatic rings. The van der Waals surface area contributed by atoms with Gasteiger partial charge in [-0.25, -0.2) is 0 Å². The maximum atomic E-state index is 10.4. The first-order chi connectivity index (χ1) is 9.24. The Bertz CT molecular complexity index is 565. The molecule has 98 valence electrons. The number of aryl methyl sites for hydroxylation is 1. The molecule has 0 aliphatic carbocycles. The topological polar surface area (TPSA) is 29.5 Å². The van der Waals surface area contributed by atoms with Gasteiger partial charge in [-0.15, -0.1) is 11.8 Å². The lowest BCUT2D eigenvalue weighted by molar-refractivity contribution is 0.0457. The lowest BCUT2D eigenvalue weighted by Gasteiger charge is -2.29. The number of hydrogen-bond donors (Lipinski definition) is 1. The summed E-state index contributed by atoms with van der Waals surface area (Å²) in [6.45, 7) is 2.04. The summed E-state index contributed by atoms with van der Waals surface area (Å²) in [6.07, 6.45) is -0.774. The first kappa shape index (κ1) is 12.6. The quantitative estimate of drug-likeness (QED) is 0.906. The Hall–Kier alpha value is -1.45. The summed E-state index contributed by atoms with van der Waals surface area (Å²) < 4.78 is 5.91. The fourth-order valence-corrected chi connectivity index (χ4v) is 3.20. The third-order valence-corrected chi connectivity index (χ3v) is 4.45. The van der Waals surface area contributed by atoms with Crippen LogP contribution in [0, 0.1) is 6.92 Å². The molecule has 2 nitrogen and oxygen atoms in total. The van der Waals surface area contributed by atoms with E-state index >= 15 is 0 Å². The number of rotatable bonds is 2. The van der Waals surface area contributed by atoms with Gasteiger partial charge in [-0.05, 0) is 24.6 Å². The van der Waals surface area contributed by atoms with E-state index in [0.717, 1.165) is 22.0 Å². The van der Waals surface area contributed by atoms with E-state index in [-0.39, 0.29) is 6.10 Å². The Morgan fingerprint density at radius 2 is 1.89 bits per heavy atom. The SMILES string of the molecule is Cc1ccc(C(O)C2CSc3ccccc3O2)cc1. The van der Waals surface area contributed by atoms with Gasteiger partial charge in [0.15, 0.2) is 0 Å². The normalized spacial score (nSPS) is 19.4. The fraction of sp³-hybridized carbons (Fsp3) is 0.250. The molecule has 0 spiro atoms. The molecular weight excluding hydrogens is 256 g/mol. The van der Waals surface area contributed by atoms with E-state index < -0.39 is 6.10 Å². The van der Waals surface area contributed by atoms with Crippen molar-refractivity contribution < 1.29 is 9.84 Å². The molecule has 0 saturated heterocycles. The van der Waals surface area contributed by atoms with Crippen LogP contribution in [0.1, 0.15) is 17.2 Å². The standard InChI is InChI=1S/C16H16O2S/c1-11-6-8-12(9-7-11)16(17)14-10-19-15-5-3-2-4-13(15)18-14/h2-9,14,16-17H,10H2,1H3. The molecule has 1 N–H and O–H groups in total. The Balaban J connectivity index is 1.79. The molecule has 19 heavy (non-hydrogen) atoms. The minimum Gasteiger partial charge on any atom is -0.485 e. The second kappa shape index (κ2) is 5.27. The van der Waals surface area contributed by atoms with Crippen LogP contribution >= 0.6 is 11.8 Å². The molecule has 1 aliphatic rings. The van der Waals surface area contributed by atoms with E-state index in [1.54, 1.807) is 11.8 Å². The van der Waals surface area contributed by atoms with Gasteiger partial charge in [0, 0.05) is 10.6 Å². The minimum atomic E-state index is -0.582. The fourth-order valence-electron chi connectivity index (χ4n) is 2.17. The second-order valence-corrected chi connectivity index (χ2v) is 5.83. The van der Waals surface area contributed by atoms with E-state index in [4.69, 9.17) is 4.74 Å². The Labute approximate surface area is 117 Å². The highest BCUT2D eigenvalue weighted by atomic mass is 32.2. The Kier molecular flexibility index (Phi) is 3.49. The molecule has 1 heterocycles. The largest absolute Gasteiger partial charge is 0.485 e. The van der Waals surface area contributed by atoms with Crippen molar-refractivity contribution >= 4 is 11.8 Å². The van der Waals surface area contributed by atoms with Crippen LogP contribution in [0.5, 0.6) is 5.75 Å². The summed E-state index contributed by atoms with van der Waals surface area (Å²) in [5, 5.41) is 10.4. The molecule has 2 atom stereocenters. The number of para-hydroxylation sites is 1. The van der Waals surface area contributed by atoms with Gasteiger partial charge in [0.1, 0.15) is 18.0 Å². The molecule has 2 unspecified atom stereocenters. The first-order valence-corrected chi connectivity index (χ1v) is 7.36. The average Bonchev–Trinajstić information content (AvgIpc) is 2.47. The lowest BCUT2D eigenvalue weighted by Crippen LogP contribution is -2.30. The van der Waals surface area contributed by atoms with Crippen molar-refractivity contribution in [1.82, 2.24) is 0 Å². The number of benzene rings is 2. The number of ether oxygens (including phenoxy) is 1. The lowest BCUT2D eigenvalue weighted by atomic mass is 10.0. The number of aliphatic hydroxyl groups is 1. The predicted octanol–water partition coefficient (Wildman–Crippen LogP) is 3.58. The molecule has 0 saturated carbocycles. The zero-order valence-corrected chi connectivity index (χ0v) is 11.6. The monoisotopic (exact) mass is 272 g/mol. The number of hydrogen-bond acceptors (Lipinski definition) is 3. The average molecular weight is 272 g/mol. The van der Waals surface area contributed by atoms with Crippen molar-refractivity contribution in [3.05, 3.63) is 59.7 Å². The van der Waals surface area contributed by atoms with Gasteiger partial charge in [-0.2, -0.15) is 0 Å². The maximum absolute atomic E-state index is 10.4. The molecule has 0 amide bonds. The van der Waals surface area contributed by atoms with E-state index in [0.29, 0.717) is 0 Å².